The maximum absolute atomic E-state index is 13.5. The Kier molecular flexibility index (Phi) is 4.48. The molecular formula is C24H22N4O2. The molecule has 0 saturated heterocycles. The Bertz CT molecular complexity index is 1400. The van der Waals surface area contributed by atoms with Crippen LogP contribution in [-0.2, 0) is 11.3 Å². The first-order valence-electron chi connectivity index (χ1n) is 9.87. The van der Waals surface area contributed by atoms with Gasteiger partial charge < -0.3 is 18.9 Å². The number of nitrogens with one attached hydrogen (secondary N) is 1. The van der Waals surface area contributed by atoms with E-state index in [9.17, 15) is 4.79 Å². The van der Waals surface area contributed by atoms with E-state index in [-0.39, 0.29) is 11.8 Å². The van der Waals surface area contributed by atoms with Gasteiger partial charge in [-0.05, 0) is 19.1 Å². The summed E-state index contributed by atoms with van der Waals surface area (Å²) >= 11 is 0. The van der Waals surface area contributed by atoms with Crippen LogP contribution in [0.4, 0.5) is 0 Å². The van der Waals surface area contributed by atoms with Gasteiger partial charge in [0.1, 0.15) is 0 Å². The molecule has 0 fully saturated rings. The molecule has 0 spiro atoms. The van der Waals surface area contributed by atoms with Crippen molar-refractivity contribution in [3.63, 3.8) is 0 Å². The van der Waals surface area contributed by atoms with E-state index in [1.54, 1.807) is 18.0 Å². The third kappa shape index (κ3) is 2.84. The molecule has 3 aromatic heterocycles. The molecule has 5 aromatic rings. The highest BCUT2D eigenvalue weighted by Crippen LogP contribution is 2.33. The van der Waals surface area contributed by atoms with Gasteiger partial charge in [0.05, 0.1) is 35.0 Å². The average Bonchev–Trinajstić information content (AvgIpc) is 3.33. The van der Waals surface area contributed by atoms with Crippen LogP contribution in [0.1, 0.15) is 23.2 Å². The third-order valence-corrected chi connectivity index (χ3v) is 5.63. The zero-order valence-electron chi connectivity index (χ0n) is 16.9. The van der Waals surface area contributed by atoms with Crippen LogP contribution in [0.25, 0.3) is 21.8 Å². The van der Waals surface area contributed by atoms with Crippen molar-refractivity contribution in [3.05, 3.63) is 100 Å². The Hall–Kier alpha value is -3.64. The number of hydrogen-bond acceptors (Lipinski definition) is 3. The number of aryl methyl sites for hydroxylation is 1. The van der Waals surface area contributed by atoms with Crippen molar-refractivity contribution in [3.8, 4) is 0 Å². The van der Waals surface area contributed by atoms with Gasteiger partial charge in [-0.2, -0.15) is 0 Å². The predicted molar refractivity (Wildman–Crippen MR) is 118 cm³/mol. The van der Waals surface area contributed by atoms with Gasteiger partial charge in [-0.3, -0.25) is 4.79 Å². The molecule has 1 unspecified atom stereocenters. The van der Waals surface area contributed by atoms with Crippen LogP contribution in [-0.4, -0.2) is 26.2 Å². The monoisotopic (exact) mass is 398 g/mol. The van der Waals surface area contributed by atoms with Gasteiger partial charge in [-0.1, -0.05) is 48.5 Å². The fourth-order valence-corrected chi connectivity index (χ4v) is 4.14. The molecule has 30 heavy (non-hydrogen) atoms. The molecule has 1 atom stereocenters. The summed E-state index contributed by atoms with van der Waals surface area (Å²) in [6, 6.07) is 20.0. The standard InChI is InChI=1S/C24H22N4O2/c1-16-19(26-15-25-16)14-27-13-12-21-22(23(27)29)18-10-6-7-11-20(18)28(21)24(30-2)17-8-4-3-5-9-17/h3-13,15,24H,14H2,1-2H3,(H,25,26). The van der Waals surface area contributed by atoms with Crippen molar-refractivity contribution in [2.75, 3.05) is 7.11 Å². The van der Waals surface area contributed by atoms with Gasteiger partial charge in [0.2, 0.25) is 0 Å². The van der Waals surface area contributed by atoms with Crippen molar-refractivity contribution >= 4 is 21.8 Å². The summed E-state index contributed by atoms with van der Waals surface area (Å²) in [5.74, 6) is 0. The summed E-state index contributed by atoms with van der Waals surface area (Å²) in [7, 11) is 1.69. The van der Waals surface area contributed by atoms with Crippen molar-refractivity contribution in [1.82, 2.24) is 19.1 Å². The number of nitrogens with zero attached hydrogens (tertiary/aromatic N) is 3. The topological polar surface area (TPSA) is 64.8 Å². The Labute approximate surface area is 173 Å². The number of imidazole rings is 1. The minimum Gasteiger partial charge on any atom is -0.357 e. The van der Waals surface area contributed by atoms with Crippen LogP contribution in [0.15, 0.2) is 78.0 Å². The van der Waals surface area contributed by atoms with E-state index < -0.39 is 0 Å². The van der Waals surface area contributed by atoms with Crippen molar-refractivity contribution < 1.29 is 4.74 Å². The number of aromatic nitrogens is 4. The van der Waals surface area contributed by atoms with Crippen LogP contribution in [0.3, 0.4) is 0 Å². The number of ether oxygens (including phenoxy) is 1. The van der Waals surface area contributed by atoms with Crippen LogP contribution in [0.5, 0.6) is 0 Å². The van der Waals surface area contributed by atoms with E-state index in [1.807, 2.05) is 73.8 Å². The molecule has 0 amide bonds. The van der Waals surface area contributed by atoms with Crippen LogP contribution >= 0.6 is 0 Å². The number of aromatic amines is 1. The smallest absolute Gasteiger partial charge is 0.260 e. The van der Waals surface area contributed by atoms with Gasteiger partial charge in [0.15, 0.2) is 6.23 Å². The molecule has 0 aliphatic heterocycles. The van der Waals surface area contributed by atoms with Crippen molar-refractivity contribution in [2.45, 2.75) is 19.7 Å². The van der Waals surface area contributed by atoms with E-state index in [4.69, 9.17) is 4.74 Å². The predicted octanol–water partition coefficient (Wildman–Crippen LogP) is 4.23. The number of rotatable bonds is 5. The second-order valence-corrected chi connectivity index (χ2v) is 7.37. The molecule has 0 radical (unpaired) electrons. The van der Waals surface area contributed by atoms with E-state index in [0.717, 1.165) is 33.4 Å². The Morgan fingerprint density at radius 3 is 2.53 bits per heavy atom. The van der Waals surface area contributed by atoms with E-state index >= 15 is 0 Å². The molecule has 0 aliphatic carbocycles. The van der Waals surface area contributed by atoms with Crippen molar-refractivity contribution in [2.24, 2.45) is 0 Å². The fourth-order valence-electron chi connectivity index (χ4n) is 4.14. The lowest BCUT2D eigenvalue weighted by Gasteiger charge is -2.20. The fraction of sp³-hybridized carbons (Fsp3) is 0.167. The van der Waals surface area contributed by atoms with Crippen molar-refractivity contribution in [1.29, 1.82) is 0 Å². The lowest BCUT2D eigenvalue weighted by molar-refractivity contribution is 0.0855. The third-order valence-electron chi connectivity index (χ3n) is 5.63. The van der Waals surface area contributed by atoms with Gasteiger partial charge in [-0.25, -0.2) is 4.98 Å². The Balaban J connectivity index is 1.77. The number of H-pyrrole nitrogens is 1. The summed E-state index contributed by atoms with van der Waals surface area (Å²) in [5.41, 5.74) is 4.64. The number of methoxy groups -OCH3 is 1. The quantitative estimate of drug-likeness (QED) is 0.482. The summed E-state index contributed by atoms with van der Waals surface area (Å²) < 4.78 is 9.73. The van der Waals surface area contributed by atoms with Gasteiger partial charge in [0.25, 0.3) is 5.56 Å². The Morgan fingerprint density at radius 1 is 1.03 bits per heavy atom. The van der Waals surface area contributed by atoms with Crippen LogP contribution < -0.4 is 5.56 Å². The normalized spacial score (nSPS) is 12.6. The highest BCUT2D eigenvalue weighted by Gasteiger charge is 2.21. The zero-order valence-corrected chi connectivity index (χ0v) is 16.9. The first-order chi connectivity index (χ1) is 14.7. The molecule has 0 aliphatic rings. The second-order valence-electron chi connectivity index (χ2n) is 7.37. The number of para-hydroxylation sites is 1. The van der Waals surface area contributed by atoms with Crippen LogP contribution in [0, 0.1) is 6.92 Å². The molecular weight excluding hydrogens is 376 g/mol. The first-order valence-corrected chi connectivity index (χ1v) is 9.87. The maximum Gasteiger partial charge on any atom is 0.260 e. The molecule has 0 bridgehead atoms. The van der Waals surface area contributed by atoms with Gasteiger partial charge in [-0.15, -0.1) is 0 Å². The van der Waals surface area contributed by atoms with Crippen LogP contribution in [0.2, 0.25) is 0 Å². The minimum absolute atomic E-state index is 0.0345. The molecule has 0 saturated carbocycles. The largest absolute Gasteiger partial charge is 0.357 e. The summed E-state index contributed by atoms with van der Waals surface area (Å²) in [6.45, 7) is 2.39. The zero-order chi connectivity index (χ0) is 20.7. The lowest BCUT2D eigenvalue weighted by atomic mass is 10.2. The SMILES string of the molecule is COC(c1ccccc1)n1c2ccccc2c2c(=O)n(Cc3nc[nH]c3C)ccc21. The summed E-state index contributed by atoms with van der Waals surface area (Å²) in [5, 5.41) is 1.61. The van der Waals surface area contributed by atoms with Gasteiger partial charge >= 0.3 is 0 Å². The molecule has 1 N–H and O–H groups in total. The average molecular weight is 398 g/mol. The minimum atomic E-state index is -0.336. The summed E-state index contributed by atoms with van der Waals surface area (Å²) in [4.78, 5) is 20.9. The van der Waals surface area contributed by atoms with Gasteiger partial charge in [0, 0.05) is 30.0 Å². The highest BCUT2D eigenvalue weighted by atomic mass is 16.5. The molecule has 6 nitrogen and oxygen atoms in total. The molecule has 5 rings (SSSR count). The molecule has 3 heterocycles. The molecule has 2 aromatic carbocycles. The number of benzene rings is 2. The molecule has 150 valence electrons. The van der Waals surface area contributed by atoms with E-state index in [2.05, 4.69) is 14.5 Å². The highest BCUT2D eigenvalue weighted by molar-refractivity contribution is 6.07. The second kappa shape index (κ2) is 7.31. The lowest BCUT2D eigenvalue weighted by Crippen LogP contribution is -2.21. The first kappa shape index (κ1) is 18.4. The summed E-state index contributed by atoms with van der Waals surface area (Å²) in [6.07, 6.45) is 3.16. The van der Waals surface area contributed by atoms with E-state index in [0.29, 0.717) is 11.9 Å². The number of fused-ring (bicyclic) bond motifs is 3. The maximum atomic E-state index is 13.5. The number of hydrogen-bond donors (Lipinski definition) is 1. The molecule has 6 heteroatoms. The Morgan fingerprint density at radius 2 is 1.80 bits per heavy atom. The number of pyridine rings is 1. The van der Waals surface area contributed by atoms with E-state index in [1.165, 1.54) is 0 Å².